The predicted octanol–water partition coefficient (Wildman–Crippen LogP) is 3.12. The van der Waals surface area contributed by atoms with Crippen molar-refractivity contribution in [3.63, 3.8) is 0 Å². The molecular weight excluding hydrogens is 333 g/mol. The molecule has 1 N–H and O–H groups in total. The van der Waals surface area contributed by atoms with E-state index in [-0.39, 0.29) is 5.82 Å². The maximum Gasteiger partial charge on any atom is 0.173 e. The Balaban J connectivity index is 1.82. The van der Waals surface area contributed by atoms with Gasteiger partial charge in [-0.25, -0.2) is 19.3 Å². The zero-order chi connectivity index (χ0) is 17.8. The first kappa shape index (κ1) is 14.8. The summed E-state index contributed by atoms with van der Waals surface area (Å²) in [6.07, 6.45) is 10.5. The van der Waals surface area contributed by atoms with E-state index in [2.05, 4.69) is 25.0 Å². The Morgan fingerprint density at radius 1 is 1.08 bits per heavy atom. The maximum absolute atomic E-state index is 14.5. The number of aryl methyl sites for hydroxylation is 2. The van der Waals surface area contributed by atoms with Crippen LogP contribution in [0.3, 0.4) is 0 Å². The van der Waals surface area contributed by atoms with E-state index < -0.39 is 0 Å². The second-order valence-corrected chi connectivity index (χ2v) is 6.22. The third kappa shape index (κ3) is 2.05. The Kier molecular flexibility index (Phi) is 2.96. The summed E-state index contributed by atoms with van der Waals surface area (Å²) in [6.45, 7) is 1.89. The van der Waals surface area contributed by atoms with Gasteiger partial charge in [-0.1, -0.05) is 0 Å². The number of imidazole rings is 1. The molecule has 0 unspecified atom stereocenters. The molecule has 5 aromatic rings. The maximum atomic E-state index is 14.5. The molecule has 5 rings (SSSR count). The highest BCUT2D eigenvalue weighted by atomic mass is 19.1. The number of hydrogen-bond donors (Lipinski definition) is 1. The fourth-order valence-corrected chi connectivity index (χ4v) is 3.26. The van der Waals surface area contributed by atoms with Gasteiger partial charge in [-0.3, -0.25) is 4.68 Å². The number of nitrogens with one attached hydrogen (secondary N) is 1. The van der Waals surface area contributed by atoms with Crippen molar-refractivity contribution in [3.8, 4) is 22.4 Å². The van der Waals surface area contributed by atoms with Crippen molar-refractivity contribution >= 4 is 16.7 Å². The van der Waals surface area contributed by atoms with Crippen LogP contribution in [-0.4, -0.2) is 34.1 Å². The summed E-state index contributed by atoms with van der Waals surface area (Å²) in [5, 5.41) is 5.05. The van der Waals surface area contributed by atoms with E-state index in [1.165, 1.54) is 12.4 Å². The summed E-state index contributed by atoms with van der Waals surface area (Å²) < 4.78 is 18.0. The van der Waals surface area contributed by atoms with Crippen molar-refractivity contribution in [2.45, 2.75) is 6.92 Å². The van der Waals surface area contributed by atoms with Crippen LogP contribution < -0.4 is 0 Å². The Bertz CT molecular complexity index is 1280. The second kappa shape index (κ2) is 5.22. The highest BCUT2D eigenvalue weighted by molar-refractivity contribution is 6.02. The molecule has 0 atom stereocenters. The minimum atomic E-state index is -0.371. The van der Waals surface area contributed by atoms with Gasteiger partial charge in [0.05, 0.1) is 17.3 Å². The van der Waals surface area contributed by atoms with Gasteiger partial charge >= 0.3 is 0 Å². The minimum Gasteiger partial charge on any atom is -0.345 e. The number of hydrogen-bond acceptors (Lipinski definition) is 4. The average molecular weight is 347 g/mol. The number of H-pyrrole nitrogens is 1. The lowest BCUT2D eigenvalue weighted by molar-refractivity contribution is 0.630. The predicted molar refractivity (Wildman–Crippen MR) is 95.0 cm³/mol. The van der Waals surface area contributed by atoms with Crippen molar-refractivity contribution in [3.05, 3.63) is 54.9 Å². The molecule has 0 amide bonds. The molecule has 0 spiro atoms. The normalized spacial score (nSPS) is 11.7. The van der Waals surface area contributed by atoms with E-state index in [0.717, 1.165) is 33.5 Å². The van der Waals surface area contributed by atoms with Gasteiger partial charge in [0, 0.05) is 54.2 Å². The number of nitrogens with zero attached hydrogens (tertiary/aromatic N) is 6. The zero-order valence-corrected chi connectivity index (χ0v) is 14.1. The van der Waals surface area contributed by atoms with Crippen LogP contribution in [-0.2, 0) is 7.05 Å². The lowest BCUT2D eigenvalue weighted by atomic mass is 10.0. The van der Waals surface area contributed by atoms with Crippen molar-refractivity contribution in [2.24, 2.45) is 7.05 Å². The lowest BCUT2D eigenvalue weighted by Crippen LogP contribution is -1.93. The Labute approximate surface area is 147 Å². The van der Waals surface area contributed by atoms with Crippen molar-refractivity contribution in [1.29, 1.82) is 0 Å². The standard InChI is InChI=1S/C18H14FN7/c1-10-4-21-18-14(19)3-11(8-26(10)18)13-6-20-17-15(13)16(22-9-23-17)12-5-24-25(2)7-12/h3-9H,1-2H3,(H,20,22,23). The van der Waals surface area contributed by atoms with Crippen molar-refractivity contribution in [1.82, 2.24) is 34.1 Å². The van der Waals surface area contributed by atoms with Crippen LogP contribution in [0, 0.1) is 12.7 Å². The second-order valence-electron chi connectivity index (χ2n) is 6.22. The SMILES string of the molecule is Cc1cnc2c(F)cc(-c3c[nH]c4ncnc(-c5cnn(C)c5)c34)cn12. The summed E-state index contributed by atoms with van der Waals surface area (Å²) in [5.41, 5.74) is 5.05. The summed E-state index contributed by atoms with van der Waals surface area (Å²) in [6, 6.07) is 1.49. The summed E-state index contributed by atoms with van der Waals surface area (Å²) in [4.78, 5) is 16.0. The van der Waals surface area contributed by atoms with Gasteiger partial charge in [-0.15, -0.1) is 0 Å². The Morgan fingerprint density at radius 3 is 2.77 bits per heavy atom. The number of pyridine rings is 1. The molecule has 26 heavy (non-hydrogen) atoms. The van der Waals surface area contributed by atoms with Crippen LogP contribution in [0.15, 0.2) is 43.4 Å². The van der Waals surface area contributed by atoms with E-state index in [1.807, 2.05) is 32.6 Å². The molecule has 5 heterocycles. The number of rotatable bonds is 2. The molecule has 7 nitrogen and oxygen atoms in total. The molecule has 5 aromatic heterocycles. The number of aromatic amines is 1. The molecule has 128 valence electrons. The van der Waals surface area contributed by atoms with Gasteiger partial charge in [0.15, 0.2) is 11.5 Å². The van der Waals surface area contributed by atoms with Gasteiger partial charge < -0.3 is 9.38 Å². The van der Waals surface area contributed by atoms with Crippen LogP contribution in [0.2, 0.25) is 0 Å². The number of fused-ring (bicyclic) bond motifs is 2. The van der Waals surface area contributed by atoms with E-state index in [1.54, 1.807) is 21.5 Å². The van der Waals surface area contributed by atoms with E-state index in [0.29, 0.717) is 11.3 Å². The van der Waals surface area contributed by atoms with E-state index in [9.17, 15) is 4.39 Å². The quantitative estimate of drug-likeness (QED) is 0.532. The van der Waals surface area contributed by atoms with Crippen molar-refractivity contribution < 1.29 is 4.39 Å². The first-order valence-electron chi connectivity index (χ1n) is 8.06. The molecule has 0 bridgehead atoms. The van der Waals surface area contributed by atoms with Gasteiger partial charge in [0.1, 0.15) is 12.0 Å². The topological polar surface area (TPSA) is 76.7 Å². The highest BCUT2D eigenvalue weighted by Crippen LogP contribution is 2.34. The summed E-state index contributed by atoms with van der Waals surface area (Å²) >= 11 is 0. The van der Waals surface area contributed by atoms with Gasteiger partial charge in [-0.05, 0) is 13.0 Å². The fraction of sp³-hybridized carbons (Fsp3) is 0.111. The lowest BCUT2D eigenvalue weighted by Gasteiger charge is -2.06. The summed E-state index contributed by atoms with van der Waals surface area (Å²) in [7, 11) is 1.85. The third-order valence-electron chi connectivity index (χ3n) is 4.51. The van der Waals surface area contributed by atoms with Crippen LogP contribution in [0.5, 0.6) is 0 Å². The van der Waals surface area contributed by atoms with Gasteiger partial charge in [0.2, 0.25) is 0 Å². The smallest absolute Gasteiger partial charge is 0.173 e. The third-order valence-corrected chi connectivity index (χ3v) is 4.51. The zero-order valence-electron chi connectivity index (χ0n) is 14.1. The largest absolute Gasteiger partial charge is 0.345 e. The van der Waals surface area contributed by atoms with E-state index in [4.69, 9.17) is 0 Å². The molecule has 0 fully saturated rings. The molecule has 8 heteroatoms. The minimum absolute atomic E-state index is 0.315. The summed E-state index contributed by atoms with van der Waals surface area (Å²) in [5.74, 6) is -0.371. The first-order valence-corrected chi connectivity index (χ1v) is 8.06. The van der Waals surface area contributed by atoms with Gasteiger partial charge in [-0.2, -0.15) is 5.10 Å². The Hall–Kier alpha value is -3.55. The van der Waals surface area contributed by atoms with Crippen molar-refractivity contribution in [2.75, 3.05) is 0 Å². The molecular formula is C18H14FN7. The fourth-order valence-electron chi connectivity index (χ4n) is 3.26. The van der Waals surface area contributed by atoms with Gasteiger partial charge in [0.25, 0.3) is 0 Å². The molecule has 0 aromatic carbocycles. The molecule has 0 saturated heterocycles. The molecule has 0 aliphatic rings. The first-order chi connectivity index (χ1) is 12.6. The highest BCUT2D eigenvalue weighted by Gasteiger charge is 2.17. The van der Waals surface area contributed by atoms with E-state index >= 15 is 0 Å². The van der Waals surface area contributed by atoms with Crippen LogP contribution >= 0.6 is 0 Å². The number of halogens is 1. The molecule has 0 aliphatic heterocycles. The monoisotopic (exact) mass is 347 g/mol. The Morgan fingerprint density at radius 2 is 1.96 bits per heavy atom. The van der Waals surface area contributed by atoms with Crippen LogP contribution in [0.4, 0.5) is 4.39 Å². The van der Waals surface area contributed by atoms with Crippen LogP contribution in [0.1, 0.15) is 5.69 Å². The molecule has 0 saturated carbocycles. The van der Waals surface area contributed by atoms with Crippen LogP contribution in [0.25, 0.3) is 39.1 Å². The molecule has 0 radical (unpaired) electrons. The molecule has 0 aliphatic carbocycles. The number of aromatic nitrogens is 7. The average Bonchev–Trinajstić information content (AvgIpc) is 3.34.